The molecular formula is C18H16ClNO3. The van der Waals surface area contributed by atoms with Crippen LogP contribution < -0.4 is 5.32 Å². The third-order valence-corrected chi connectivity index (χ3v) is 3.53. The average molecular weight is 330 g/mol. The van der Waals surface area contributed by atoms with E-state index in [1.807, 2.05) is 36.4 Å². The lowest BCUT2D eigenvalue weighted by atomic mass is 10.1. The van der Waals surface area contributed by atoms with Gasteiger partial charge in [0, 0.05) is 0 Å². The molecule has 23 heavy (non-hydrogen) atoms. The molecule has 0 aliphatic rings. The van der Waals surface area contributed by atoms with E-state index in [1.54, 1.807) is 30.3 Å². The summed E-state index contributed by atoms with van der Waals surface area (Å²) in [6.07, 6.45) is 3.72. The minimum Gasteiger partial charge on any atom is -0.480 e. The minimum atomic E-state index is -1.09. The molecule has 2 N–H and O–H groups in total. The molecule has 2 rings (SSSR count). The van der Waals surface area contributed by atoms with Crippen LogP contribution in [0.1, 0.15) is 22.3 Å². The monoisotopic (exact) mass is 329 g/mol. The predicted molar refractivity (Wildman–Crippen MR) is 90.4 cm³/mol. The molecule has 0 saturated heterocycles. The van der Waals surface area contributed by atoms with Crippen LogP contribution in [0.5, 0.6) is 0 Å². The lowest BCUT2D eigenvalue weighted by Crippen LogP contribution is -2.40. The van der Waals surface area contributed by atoms with Crippen LogP contribution in [-0.2, 0) is 4.79 Å². The number of carboxylic acids is 1. The molecular weight excluding hydrogens is 314 g/mol. The molecule has 0 aromatic heterocycles. The first kappa shape index (κ1) is 16.8. The number of rotatable bonds is 6. The van der Waals surface area contributed by atoms with Gasteiger partial charge in [0.25, 0.3) is 5.91 Å². The van der Waals surface area contributed by atoms with Crippen LogP contribution in [0.15, 0.2) is 60.7 Å². The second kappa shape index (κ2) is 8.15. The zero-order valence-corrected chi connectivity index (χ0v) is 13.0. The molecule has 4 nitrogen and oxygen atoms in total. The first-order valence-electron chi connectivity index (χ1n) is 7.07. The normalized spacial score (nSPS) is 12.0. The van der Waals surface area contributed by atoms with Gasteiger partial charge in [-0.25, -0.2) is 4.79 Å². The largest absolute Gasteiger partial charge is 0.480 e. The van der Waals surface area contributed by atoms with E-state index < -0.39 is 17.9 Å². The van der Waals surface area contributed by atoms with Crippen molar-refractivity contribution in [1.29, 1.82) is 0 Å². The summed E-state index contributed by atoms with van der Waals surface area (Å²) in [5.41, 5.74) is 1.22. The summed E-state index contributed by atoms with van der Waals surface area (Å²) < 4.78 is 0. The molecule has 118 valence electrons. The topological polar surface area (TPSA) is 66.4 Å². The van der Waals surface area contributed by atoms with Gasteiger partial charge in [0.1, 0.15) is 6.04 Å². The summed E-state index contributed by atoms with van der Waals surface area (Å²) >= 11 is 5.94. The van der Waals surface area contributed by atoms with Crippen LogP contribution in [0.4, 0.5) is 0 Å². The molecule has 0 spiro atoms. The molecule has 5 heteroatoms. The van der Waals surface area contributed by atoms with Gasteiger partial charge in [-0.05, 0) is 24.1 Å². The van der Waals surface area contributed by atoms with Gasteiger partial charge in [-0.3, -0.25) is 4.79 Å². The second-order valence-corrected chi connectivity index (χ2v) is 5.30. The van der Waals surface area contributed by atoms with E-state index in [-0.39, 0.29) is 17.0 Å². The number of carboxylic acid groups (broad SMARTS) is 1. The number of aliphatic carboxylic acids is 1. The van der Waals surface area contributed by atoms with Crippen LogP contribution in [0.2, 0.25) is 5.02 Å². The molecule has 0 bridgehead atoms. The summed E-state index contributed by atoms with van der Waals surface area (Å²) in [7, 11) is 0. The molecule has 0 aliphatic heterocycles. The van der Waals surface area contributed by atoms with Crippen molar-refractivity contribution >= 4 is 29.6 Å². The van der Waals surface area contributed by atoms with Crippen LogP contribution in [0.3, 0.4) is 0 Å². The fourth-order valence-electron chi connectivity index (χ4n) is 2.01. The van der Waals surface area contributed by atoms with Crippen molar-refractivity contribution in [3.63, 3.8) is 0 Å². The molecule has 2 aromatic carbocycles. The molecule has 2 aromatic rings. The maximum Gasteiger partial charge on any atom is 0.326 e. The van der Waals surface area contributed by atoms with Crippen molar-refractivity contribution in [3.8, 4) is 0 Å². The number of carbonyl (C=O) groups is 2. The van der Waals surface area contributed by atoms with Crippen molar-refractivity contribution < 1.29 is 14.7 Å². The first-order chi connectivity index (χ1) is 11.1. The molecule has 0 heterocycles. The van der Waals surface area contributed by atoms with Crippen molar-refractivity contribution in [1.82, 2.24) is 5.32 Å². The number of benzene rings is 2. The SMILES string of the molecule is O=C(N[C@H](C/C=C/c1ccccc1)C(=O)O)c1ccccc1Cl. The Bertz CT molecular complexity index is 713. The Morgan fingerprint density at radius 3 is 2.39 bits per heavy atom. The van der Waals surface area contributed by atoms with E-state index in [4.69, 9.17) is 11.6 Å². The van der Waals surface area contributed by atoms with Gasteiger partial charge >= 0.3 is 5.97 Å². The zero-order chi connectivity index (χ0) is 16.7. The Morgan fingerprint density at radius 2 is 1.74 bits per heavy atom. The number of amides is 1. The van der Waals surface area contributed by atoms with Gasteiger partial charge in [0.15, 0.2) is 0 Å². The lowest BCUT2D eigenvalue weighted by molar-refractivity contribution is -0.139. The third-order valence-electron chi connectivity index (χ3n) is 3.20. The van der Waals surface area contributed by atoms with E-state index >= 15 is 0 Å². The minimum absolute atomic E-state index is 0.181. The Kier molecular flexibility index (Phi) is 5.94. The molecule has 0 saturated carbocycles. The molecule has 1 atom stereocenters. The average Bonchev–Trinajstić information content (AvgIpc) is 2.55. The van der Waals surface area contributed by atoms with E-state index in [1.165, 1.54) is 0 Å². The van der Waals surface area contributed by atoms with Crippen molar-refractivity contribution in [3.05, 3.63) is 76.8 Å². The highest BCUT2D eigenvalue weighted by molar-refractivity contribution is 6.33. The fraction of sp³-hybridized carbons (Fsp3) is 0.111. The van der Waals surface area contributed by atoms with Crippen LogP contribution in [0, 0.1) is 0 Å². The van der Waals surface area contributed by atoms with Gasteiger partial charge in [-0.1, -0.05) is 66.2 Å². The fourth-order valence-corrected chi connectivity index (χ4v) is 2.23. The number of halogens is 1. The maximum atomic E-state index is 12.1. The smallest absolute Gasteiger partial charge is 0.326 e. The summed E-state index contributed by atoms with van der Waals surface area (Å²) in [5.74, 6) is -1.60. The van der Waals surface area contributed by atoms with Crippen molar-refractivity contribution in [2.75, 3.05) is 0 Å². The Balaban J connectivity index is 2.02. The summed E-state index contributed by atoms with van der Waals surface area (Å²) in [6, 6.07) is 15.0. The molecule has 0 fully saturated rings. The molecule has 0 unspecified atom stereocenters. The maximum absolute atomic E-state index is 12.1. The number of carbonyl (C=O) groups excluding carboxylic acids is 1. The van der Waals surface area contributed by atoms with E-state index in [0.29, 0.717) is 0 Å². The van der Waals surface area contributed by atoms with Crippen molar-refractivity contribution in [2.24, 2.45) is 0 Å². The number of nitrogens with one attached hydrogen (secondary N) is 1. The quantitative estimate of drug-likeness (QED) is 0.850. The van der Waals surface area contributed by atoms with Crippen LogP contribution in [0.25, 0.3) is 6.08 Å². The van der Waals surface area contributed by atoms with Gasteiger partial charge in [-0.15, -0.1) is 0 Å². The van der Waals surface area contributed by atoms with Gasteiger partial charge < -0.3 is 10.4 Å². The number of hydrogen-bond donors (Lipinski definition) is 2. The standard InChI is InChI=1S/C18H16ClNO3/c19-15-11-5-4-10-14(15)17(21)20-16(18(22)23)12-6-9-13-7-2-1-3-8-13/h1-11,16H,12H2,(H,20,21)(H,22,23)/b9-6+/t16-/m1/s1. The lowest BCUT2D eigenvalue weighted by Gasteiger charge is -2.13. The summed E-state index contributed by atoms with van der Waals surface area (Å²) in [4.78, 5) is 23.4. The summed E-state index contributed by atoms with van der Waals surface area (Å²) in [5, 5.41) is 12.0. The molecule has 0 aliphatic carbocycles. The highest BCUT2D eigenvalue weighted by Gasteiger charge is 2.20. The predicted octanol–water partition coefficient (Wildman–Crippen LogP) is 3.63. The summed E-state index contributed by atoms with van der Waals surface area (Å²) in [6.45, 7) is 0. The second-order valence-electron chi connectivity index (χ2n) is 4.89. The van der Waals surface area contributed by atoms with E-state index in [2.05, 4.69) is 5.32 Å². The van der Waals surface area contributed by atoms with Gasteiger partial charge in [-0.2, -0.15) is 0 Å². The Labute approximate surface area is 139 Å². The van der Waals surface area contributed by atoms with Crippen molar-refractivity contribution in [2.45, 2.75) is 12.5 Å². The highest BCUT2D eigenvalue weighted by Crippen LogP contribution is 2.15. The number of hydrogen-bond acceptors (Lipinski definition) is 2. The molecule has 0 radical (unpaired) electrons. The van der Waals surface area contributed by atoms with Gasteiger partial charge in [0.2, 0.25) is 0 Å². The third kappa shape index (κ3) is 4.97. The zero-order valence-electron chi connectivity index (χ0n) is 12.3. The Morgan fingerprint density at radius 1 is 1.09 bits per heavy atom. The van der Waals surface area contributed by atoms with Gasteiger partial charge in [0.05, 0.1) is 10.6 Å². The molecule has 1 amide bonds. The van der Waals surface area contributed by atoms with Crippen LogP contribution >= 0.6 is 11.6 Å². The van der Waals surface area contributed by atoms with E-state index in [9.17, 15) is 14.7 Å². The van der Waals surface area contributed by atoms with E-state index in [0.717, 1.165) is 5.56 Å². The highest BCUT2D eigenvalue weighted by atomic mass is 35.5. The Hall–Kier alpha value is -2.59. The van der Waals surface area contributed by atoms with Crippen LogP contribution in [-0.4, -0.2) is 23.0 Å². The first-order valence-corrected chi connectivity index (χ1v) is 7.45.